The van der Waals surface area contributed by atoms with Crippen LogP contribution in [0.1, 0.15) is 5.69 Å². The van der Waals surface area contributed by atoms with Crippen molar-refractivity contribution in [3.05, 3.63) is 16.1 Å². The van der Waals surface area contributed by atoms with Gasteiger partial charge in [0.1, 0.15) is 0 Å². The molecule has 0 unspecified atom stereocenters. The maximum Gasteiger partial charge on any atom is 0.233 e. The van der Waals surface area contributed by atoms with Crippen molar-refractivity contribution >= 4 is 29.1 Å². The van der Waals surface area contributed by atoms with Crippen LogP contribution in [0.2, 0.25) is 10.4 Å². The Hall–Kier alpha value is -0.780. The molecule has 0 spiro atoms. The first-order valence-corrected chi connectivity index (χ1v) is 5.09. The summed E-state index contributed by atoms with van der Waals surface area (Å²) in [7, 11) is 3.34. The van der Waals surface area contributed by atoms with Crippen LogP contribution in [0, 0.1) is 0 Å². The Balaban J connectivity index is 2.54. The Morgan fingerprint density at radius 2 is 2.20 bits per heavy atom. The summed E-state index contributed by atoms with van der Waals surface area (Å²) in [6, 6.07) is 0. The molecule has 1 aromatic rings. The molecular weight excluding hydrogens is 239 g/mol. The summed E-state index contributed by atoms with van der Waals surface area (Å²) >= 11 is 11.6. The summed E-state index contributed by atoms with van der Waals surface area (Å²) in [5, 5.41) is 6.12. The predicted octanol–water partition coefficient (Wildman–Crippen LogP) is 0.562. The molecule has 2 N–H and O–H groups in total. The van der Waals surface area contributed by atoms with Gasteiger partial charge >= 0.3 is 0 Å². The number of likely N-dealkylation sites (N-methyl/N-ethyl adjacent to an activating group) is 1. The molecule has 0 aliphatic carbocycles. The van der Waals surface area contributed by atoms with Crippen molar-refractivity contribution in [1.82, 2.24) is 20.2 Å². The van der Waals surface area contributed by atoms with Crippen molar-refractivity contribution in [2.75, 3.05) is 13.6 Å². The van der Waals surface area contributed by atoms with Gasteiger partial charge in [-0.15, -0.1) is 0 Å². The average Bonchev–Trinajstić information content (AvgIpc) is 2.44. The molecule has 1 amide bonds. The molecule has 0 fully saturated rings. The summed E-state index contributed by atoms with van der Waals surface area (Å²) in [5.41, 5.74) is 0.755. The van der Waals surface area contributed by atoms with Gasteiger partial charge in [0.15, 0.2) is 5.15 Å². The van der Waals surface area contributed by atoms with E-state index in [1.54, 1.807) is 18.7 Å². The van der Waals surface area contributed by atoms with Crippen molar-refractivity contribution in [2.24, 2.45) is 7.05 Å². The van der Waals surface area contributed by atoms with Crippen molar-refractivity contribution in [2.45, 2.75) is 6.54 Å². The highest BCUT2D eigenvalue weighted by Gasteiger charge is 2.11. The fourth-order valence-electron chi connectivity index (χ4n) is 1.04. The Bertz CT molecular complexity index is 364. The van der Waals surface area contributed by atoms with Gasteiger partial charge in [0.2, 0.25) is 11.2 Å². The molecule has 7 heteroatoms. The van der Waals surface area contributed by atoms with Crippen LogP contribution in [-0.4, -0.2) is 29.1 Å². The molecule has 0 bridgehead atoms. The zero-order chi connectivity index (χ0) is 11.4. The van der Waals surface area contributed by atoms with Crippen LogP contribution in [0.3, 0.4) is 0 Å². The summed E-state index contributed by atoms with van der Waals surface area (Å²) in [4.78, 5) is 14.8. The number of amides is 1. The molecule has 0 aliphatic heterocycles. The zero-order valence-corrected chi connectivity index (χ0v) is 9.98. The largest absolute Gasteiger partial charge is 0.358 e. The molecule has 15 heavy (non-hydrogen) atoms. The summed E-state index contributed by atoms with van der Waals surface area (Å²) in [5.74, 6) is -0.0839. The minimum Gasteiger partial charge on any atom is -0.358 e. The van der Waals surface area contributed by atoms with Crippen LogP contribution < -0.4 is 10.6 Å². The molecule has 1 heterocycles. The zero-order valence-electron chi connectivity index (χ0n) is 8.47. The van der Waals surface area contributed by atoms with E-state index in [2.05, 4.69) is 15.6 Å². The molecule has 5 nitrogen and oxygen atoms in total. The molecule has 0 aliphatic rings. The van der Waals surface area contributed by atoms with Crippen LogP contribution in [0.25, 0.3) is 0 Å². The summed E-state index contributed by atoms with van der Waals surface area (Å²) in [6.45, 7) is 0.679. The Kier molecular flexibility index (Phi) is 4.38. The SMILES string of the molecule is CNC(=O)CNCc1c(Cl)nc(Cl)n1C. The van der Waals surface area contributed by atoms with E-state index >= 15 is 0 Å². The monoisotopic (exact) mass is 250 g/mol. The van der Waals surface area contributed by atoms with Gasteiger partial charge in [0, 0.05) is 20.6 Å². The Labute approximate surface area is 97.8 Å². The second kappa shape index (κ2) is 5.34. The van der Waals surface area contributed by atoms with E-state index in [1.807, 2.05) is 0 Å². The van der Waals surface area contributed by atoms with E-state index in [4.69, 9.17) is 23.2 Å². The second-order valence-electron chi connectivity index (χ2n) is 2.95. The van der Waals surface area contributed by atoms with E-state index in [-0.39, 0.29) is 12.5 Å². The first-order valence-electron chi connectivity index (χ1n) is 4.34. The number of halogens is 2. The summed E-state index contributed by atoms with van der Waals surface area (Å²) in [6.07, 6.45) is 0. The maximum atomic E-state index is 10.9. The number of nitrogens with zero attached hydrogens (tertiary/aromatic N) is 2. The van der Waals surface area contributed by atoms with Gasteiger partial charge in [-0.3, -0.25) is 4.79 Å². The van der Waals surface area contributed by atoms with Crippen molar-refractivity contribution in [3.63, 3.8) is 0 Å². The van der Waals surface area contributed by atoms with Crippen LogP contribution in [-0.2, 0) is 18.4 Å². The van der Waals surface area contributed by atoms with Crippen molar-refractivity contribution in [1.29, 1.82) is 0 Å². The van der Waals surface area contributed by atoms with Gasteiger partial charge in [0.05, 0.1) is 12.2 Å². The average molecular weight is 251 g/mol. The van der Waals surface area contributed by atoms with Crippen molar-refractivity contribution < 1.29 is 4.79 Å². The molecule has 84 valence electrons. The van der Waals surface area contributed by atoms with Gasteiger partial charge in [-0.05, 0) is 11.6 Å². The highest BCUT2D eigenvalue weighted by atomic mass is 35.5. The fraction of sp³-hybridized carbons (Fsp3) is 0.500. The number of rotatable bonds is 4. The molecule has 0 aromatic carbocycles. The van der Waals surface area contributed by atoms with Gasteiger partial charge in [0.25, 0.3) is 0 Å². The Morgan fingerprint density at radius 3 is 2.67 bits per heavy atom. The minimum atomic E-state index is -0.0839. The highest BCUT2D eigenvalue weighted by molar-refractivity contribution is 6.32. The van der Waals surface area contributed by atoms with E-state index in [9.17, 15) is 4.79 Å². The predicted molar refractivity (Wildman–Crippen MR) is 59.0 cm³/mol. The topological polar surface area (TPSA) is 59.0 Å². The van der Waals surface area contributed by atoms with Gasteiger partial charge in [-0.1, -0.05) is 11.6 Å². The smallest absolute Gasteiger partial charge is 0.233 e. The van der Waals surface area contributed by atoms with Crippen LogP contribution in [0.5, 0.6) is 0 Å². The second-order valence-corrected chi connectivity index (χ2v) is 3.65. The lowest BCUT2D eigenvalue weighted by molar-refractivity contribution is -0.119. The van der Waals surface area contributed by atoms with E-state index in [0.29, 0.717) is 17.0 Å². The van der Waals surface area contributed by atoms with Crippen molar-refractivity contribution in [3.8, 4) is 0 Å². The number of carbonyl (C=O) groups is 1. The molecule has 1 aromatic heterocycles. The van der Waals surface area contributed by atoms with Gasteiger partial charge in [-0.2, -0.15) is 0 Å². The first kappa shape index (κ1) is 12.3. The van der Waals surface area contributed by atoms with Crippen LogP contribution in [0.4, 0.5) is 0 Å². The number of imidazole rings is 1. The fourth-order valence-corrected chi connectivity index (χ4v) is 1.55. The van der Waals surface area contributed by atoms with Crippen LogP contribution in [0.15, 0.2) is 0 Å². The molecule has 1 rings (SSSR count). The third-order valence-electron chi connectivity index (χ3n) is 1.97. The lowest BCUT2D eigenvalue weighted by atomic mass is 10.4. The van der Waals surface area contributed by atoms with Crippen LogP contribution >= 0.6 is 23.2 Å². The maximum absolute atomic E-state index is 10.9. The lowest BCUT2D eigenvalue weighted by Crippen LogP contribution is -2.31. The lowest BCUT2D eigenvalue weighted by Gasteiger charge is -2.05. The first-order chi connectivity index (χ1) is 7.06. The number of hydrogen-bond acceptors (Lipinski definition) is 3. The van der Waals surface area contributed by atoms with E-state index < -0.39 is 0 Å². The quantitative estimate of drug-likeness (QED) is 0.822. The highest BCUT2D eigenvalue weighted by Crippen LogP contribution is 2.18. The third kappa shape index (κ3) is 3.09. The molecule has 0 radical (unpaired) electrons. The number of nitrogens with one attached hydrogen (secondary N) is 2. The molecule has 0 atom stereocenters. The number of aromatic nitrogens is 2. The molecule has 0 saturated heterocycles. The number of hydrogen-bond donors (Lipinski definition) is 2. The van der Waals surface area contributed by atoms with E-state index in [1.165, 1.54) is 0 Å². The van der Waals surface area contributed by atoms with Gasteiger partial charge in [-0.25, -0.2) is 4.98 Å². The number of carbonyl (C=O) groups excluding carboxylic acids is 1. The van der Waals surface area contributed by atoms with E-state index in [0.717, 1.165) is 5.69 Å². The third-order valence-corrected chi connectivity index (χ3v) is 2.61. The molecular formula is C8H12Cl2N4O. The normalized spacial score (nSPS) is 10.4. The minimum absolute atomic E-state index is 0.0839. The molecule has 0 saturated carbocycles. The van der Waals surface area contributed by atoms with Gasteiger partial charge < -0.3 is 15.2 Å². The standard InChI is InChI=1S/C8H12Cl2N4O/c1-11-6(15)4-12-3-5-7(9)13-8(10)14(5)2/h12H,3-4H2,1-2H3,(H,11,15). The Morgan fingerprint density at radius 1 is 1.53 bits per heavy atom. The summed E-state index contributed by atoms with van der Waals surface area (Å²) < 4.78 is 1.67.